The Bertz CT molecular complexity index is 600. The summed E-state index contributed by atoms with van der Waals surface area (Å²) in [6.07, 6.45) is 3.62. The molecule has 4 nitrogen and oxygen atoms in total. The first-order valence-electron chi connectivity index (χ1n) is 7.32. The van der Waals surface area contributed by atoms with Gasteiger partial charge in [0.1, 0.15) is 0 Å². The van der Waals surface area contributed by atoms with Crippen LogP contribution in [0.25, 0.3) is 0 Å². The standard InChI is InChI=1S/C15H22N2O2S/c1-11-7-15(6-5-12(11)8-16)20(18,19)17-9-13-3-2-4-14(13)10-17/h5-7,13-14H,2-4,8-10,16H2,1H3. The molecule has 2 fully saturated rings. The van der Waals surface area contributed by atoms with E-state index in [-0.39, 0.29) is 0 Å². The second-order valence-corrected chi connectivity index (χ2v) is 8.00. The molecule has 1 aromatic carbocycles. The Morgan fingerprint density at radius 2 is 1.90 bits per heavy atom. The normalized spacial score (nSPS) is 26.9. The summed E-state index contributed by atoms with van der Waals surface area (Å²) in [4.78, 5) is 0.409. The van der Waals surface area contributed by atoms with Crippen LogP contribution in [0.4, 0.5) is 0 Å². The number of hydrogen-bond acceptors (Lipinski definition) is 3. The van der Waals surface area contributed by atoms with Gasteiger partial charge in [0.05, 0.1) is 4.90 Å². The third kappa shape index (κ3) is 2.28. The van der Waals surface area contributed by atoms with Crippen LogP contribution in [0.1, 0.15) is 30.4 Å². The molecule has 2 atom stereocenters. The number of fused-ring (bicyclic) bond motifs is 1. The third-order valence-electron chi connectivity index (χ3n) is 4.86. The van der Waals surface area contributed by atoms with Crippen LogP contribution in [0.2, 0.25) is 0 Å². The molecular weight excluding hydrogens is 272 g/mol. The fraction of sp³-hybridized carbons (Fsp3) is 0.600. The van der Waals surface area contributed by atoms with E-state index in [4.69, 9.17) is 5.73 Å². The minimum absolute atomic E-state index is 0.409. The van der Waals surface area contributed by atoms with Crippen molar-refractivity contribution in [1.29, 1.82) is 0 Å². The third-order valence-corrected chi connectivity index (χ3v) is 6.69. The summed E-state index contributed by atoms with van der Waals surface area (Å²) >= 11 is 0. The van der Waals surface area contributed by atoms with Crippen molar-refractivity contribution in [1.82, 2.24) is 4.31 Å². The number of aryl methyl sites for hydroxylation is 1. The molecule has 110 valence electrons. The minimum atomic E-state index is -3.34. The Morgan fingerprint density at radius 1 is 1.25 bits per heavy atom. The Hall–Kier alpha value is -0.910. The predicted octanol–water partition coefficient (Wildman–Crippen LogP) is 1.87. The zero-order valence-corrected chi connectivity index (χ0v) is 12.7. The summed E-state index contributed by atoms with van der Waals surface area (Å²) in [5.41, 5.74) is 7.59. The largest absolute Gasteiger partial charge is 0.326 e. The second kappa shape index (κ2) is 5.13. The molecule has 2 N–H and O–H groups in total. The molecule has 1 aliphatic carbocycles. The number of benzene rings is 1. The zero-order chi connectivity index (χ0) is 14.3. The van der Waals surface area contributed by atoms with E-state index in [1.54, 1.807) is 16.4 Å². The van der Waals surface area contributed by atoms with Crippen LogP contribution >= 0.6 is 0 Å². The van der Waals surface area contributed by atoms with Gasteiger partial charge in [-0.2, -0.15) is 4.31 Å². The van der Waals surface area contributed by atoms with Crippen LogP contribution in [0.5, 0.6) is 0 Å². The van der Waals surface area contributed by atoms with Crippen LogP contribution in [0.3, 0.4) is 0 Å². The maximum Gasteiger partial charge on any atom is 0.243 e. The van der Waals surface area contributed by atoms with E-state index >= 15 is 0 Å². The molecule has 20 heavy (non-hydrogen) atoms. The van der Waals surface area contributed by atoms with Crippen molar-refractivity contribution in [2.45, 2.75) is 37.6 Å². The number of sulfonamides is 1. The molecule has 1 saturated heterocycles. The van der Waals surface area contributed by atoms with Gasteiger partial charge in [0.2, 0.25) is 10.0 Å². The van der Waals surface area contributed by atoms with Gasteiger partial charge in [0.15, 0.2) is 0 Å². The molecular formula is C15H22N2O2S. The fourth-order valence-electron chi connectivity index (χ4n) is 3.60. The smallest absolute Gasteiger partial charge is 0.243 e. The van der Waals surface area contributed by atoms with Crippen molar-refractivity contribution < 1.29 is 8.42 Å². The van der Waals surface area contributed by atoms with Crippen LogP contribution in [-0.4, -0.2) is 25.8 Å². The zero-order valence-electron chi connectivity index (χ0n) is 11.9. The Morgan fingerprint density at radius 3 is 2.45 bits per heavy atom. The lowest BCUT2D eigenvalue weighted by molar-refractivity contribution is 0.445. The summed E-state index contributed by atoms with van der Waals surface area (Å²) < 4.78 is 27.1. The average Bonchev–Trinajstić information content (AvgIpc) is 2.99. The highest BCUT2D eigenvalue weighted by molar-refractivity contribution is 7.89. The van der Waals surface area contributed by atoms with Gasteiger partial charge >= 0.3 is 0 Å². The van der Waals surface area contributed by atoms with Crippen LogP contribution in [-0.2, 0) is 16.6 Å². The maximum atomic E-state index is 12.7. The van der Waals surface area contributed by atoms with Crippen molar-refractivity contribution in [2.75, 3.05) is 13.1 Å². The highest BCUT2D eigenvalue weighted by atomic mass is 32.2. The Balaban J connectivity index is 1.87. The van der Waals surface area contributed by atoms with Crippen LogP contribution < -0.4 is 5.73 Å². The van der Waals surface area contributed by atoms with E-state index in [9.17, 15) is 8.42 Å². The van der Waals surface area contributed by atoms with E-state index < -0.39 is 10.0 Å². The van der Waals surface area contributed by atoms with Crippen molar-refractivity contribution in [3.05, 3.63) is 29.3 Å². The summed E-state index contributed by atoms with van der Waals surface area (Å²) in [6, 6.07) is 5.28. The molecule has 1 aliphatic heterocycles. The van der Waals surface area contributed by atoms with Gasteiger partial charge in [0.25, 0.3) is 0 Å². The lowest BCUT2D eigenvalue weighted by Gasteiger charge is -2.18. The molecule has 0 spiro atoms. The lowest BCUT2D eigenvalue weighted by Crippen LogP contribution is -2.29. The minimum Gasteiger partial charge on any atom is -0.326 e. The molecule has 0 radical (unpaired) electrons. The number of hydrogen-bond donors (Lipinski definition) is 1. The summed E-state index contributed by atoms with van der Waals surface area (Å²) in [5, 5.41) is 0. The number of nitrogens with zero attached hydrogens (tertiary/aromatic N) is 1. The lowest BCUT2D eigenvalue weighted by atomic mass is 10.0. The highest BCUT2D eigenvalue weighted by Gasteiger charge is 2.41. The first-order valence-corrected chi connectivity index (χ1v) is 8.76. The van der Waals surface area contributed by atoms with E-state index in [2.05, 4.69) is 0 Å². The van der Waals surface area contributed by atoms with Gasteiger partial charge in [-0.05, 0) is 54.9 Å². The monoisotopic (exact) mass is 294 g/mol. The van der Waals surface area contributed by atoms with E-state index in [1.165, 1.54) is 19.3 Å². The molecule has 1 heterocycles. The van der Waals surface area contributed by atoms with Gasteiger partial charge in [-0.15, -0.1) is 0 Å². The first-order chi connectivity index (χ1) is 9.52. The van der Waals surface area contributed by atoms with Gasteiger partial charge in [-0.25, -0.2) is 8.42 Å². The second-order valence-electron chi connectivity index (χ2n) is 6.07. The SMILES string of the molecule is Cc1cc(S(=O)(=O)N2CC3CCCC3C2)ccc1CN. The molecule has 3 rings (SSSR count). The van der Waals surface area contributed by atoms with E-state index in [0.29, 0.717) is 36.4 Å². The quantitative estimate of drug-likeness (QED) is 0.925. The molecule has 0 aromatic heterocycles. The highest BCUT2D eigenvalue weighted by Crippen LogP contribution is 2.39. The van der Waals surface area contributed by atoms with Crippen molar-refractivity contribution in [3.8, 4) is 0 Å². The Kier molecular flexibility index (Phi) is 3.60. The molecule has 5 heteroatoms. The molecule has 1 saturated carbocycles. The number of rotatable bonds is 3. The van der Waals surface area contributed by atoms with E-state index in [0.717, 1.165) is 11.1 Å². The maximum absolute atomic E-state index is 12.7. The Labute approximate surface area is 121 Å². The predicted molar refractivity (Wildman–Crippen MR) is 78.7 cm³/mol. The van der Waals surface area contributed by atoms with Crippen molar-refractivity contribution in [3.63, 3.8) is 0 Å². The molecule has 1 aromatic rings. The van der Waals surface area contributed by atoms with Crippen LogP contribution in [0, 0.1) is 18.8 Å². The van der Waals surface area contributed by atoms with Crippen LogP contribution in [0.15, 0.2) is 23.1 Å². The van der Waals surface area contributed by atoms with Gasteiger partial charge in [0, 0.05) is 19.6 Å². The summed E-state index contributed by atoms with van der Waals surface area (Å²) in [7, 11) is -3.34. The molecule has 0 bridgehead atoms. The van der Waals surface area contributed by atoms with Gasteiger partial charge < -0.3 is 5.73 Å². The van der Waals surface area contributed by atoms with Gasteiger partial charge in [-0.3, -0.25) is 0 Å². The number of nitrogens with two attached hydrogens (primary N) is 1. The van der Waals surface area contributed by atoms with Crippen molar-refractivity contribution >= 4 is 10.0 Å². The molecule has 2 unspecified atom stereocenters. The van der Waals surface area contributed by atoms with E-state index in [1.807, 2.05) is 13.0 Å². The topological polar surface area (TPSA) is 63.4 Å². The molecule has 2 aliphatic rings. The van der Waals surface area contributed by atoms with Crippen molar-refractivity contribution in [2.24, 2.45) is 17.6 Å². The summed E-state index contributed by atoms with van der Waals surface area (Å²) in [5.74, 6) is 1.16. The average molecular weight is 294 g/mol. The fourth-order valence-corrected chi connectivity index (χ4v) is 5.23. The molecule has 0 amide bonds. The van der Waals surface area contributed by atoms with Gasteiger partial charge in [-0.1, -0.05) is 12.5 Å². The first kappa shape index (κ1) is 14.0. The summed E-state index contributed by atoms with van der Waals surface area (Å²) in [6.45, 7) is 3.76.